The predicted octanol–water partition coefficient (Wildman–Crippen LogP) is 0.104. The Labute approximate surface area is 105 Å². The minimum Gasteiger partial charge on any atom is -0.481 e. The van der Waals surface area contributed by atoms with E-state index in [2.05, 4.69) is 10.6 Å². The number of aliphatic carboxylic acids is 1. The van der Waals surface area contributed by atoms with Crippen molar-refractivity contribution in [2.75, 3.05) is 19.8 Å². The van der Waals surface area contributed by atoms with E-state index in [9.17, 15) is 14.4 Å². The molecule has 1 aliphatic heterocycles. The van der Waals surface area contributed by atoms with E-state index in [4.69, 9.17) is 9.84 Å². The number of urea groups is 1. The summed E-state index contributed by atoms with van der Waals surface area (Å²) in [7, 11) is 0. The third-order valence-corrected chi connectivity index (χ3v) is 2.62. The van der Waals surface area contributed by atoms with E-state index in [0.717, 1.165) is 19.4 Å². The quantitative estimate of drug-likeness (QED) is 0.649. The summed E-state index contributed by atoms with van der Waals surface area (Å²) in [5, 5.41) is 13.0. The van der Waals surface area contributed by atoms with E-state index in [1.54, 1.807) is 0 Å². The molecule has 1 aliphatic rings. The third kappa shape index (κ3) is 6.19. The highest BCUT2D eigenvalue weighted by atomic mass is 16.5. The van der Waals surface area contributed by atoms with Gasteiger partial charge in [0.2, 0.25) is 5.91 Å². The SMILES string of the molecule is O=C(O)CCC(=O)NC(=O)NCC1CCCOC1. The Morgan fingerprint density at radius 1 is 1.28 bits per heavy atom. The smallest absolute Gasteiger partial charge is 0.321 e. The molecule has 0 aromatic carbocycles. The molecule has 1 atom stereocenters. The standard InChI is InChI=1S/C11H18N2O5/c14-9(3-4-10(15)16)13-11(17)12-6-8-2-1-5-18-7-8/h8H,1-7H2,(H,15,16)(H2,12,13,14,17). The highest BCUT2D eigenvalue weighted by Crippen LogP contribution is 2.11. The number of carbonyl (C=O) groups is 3. The van der Waals surface area contributed by atoms with Gasteiger partial charge in [0.15, 0.2) is 0 Å². The normalized spacial score (nSPS) is 19.0. The molecule has 3 amide bonds. The molecule has 7 nitrogen and oxygen atoms in total. The van der Waals surface area contributed by atoms with Gasteiger partial charge in [-0.1, -0.05) is 0 Å². The fraction of sp³-hybridized carbons (Fsp3) is 0.727. The minimum absolute atomic E-state index is 0.199. The van der Waals surface area contributed by atoms with E-state index < -0.39 is 17.9 Å². The van der Waals surface area contributed by atoms with Crippen LogP contribution in [-0.2, 0) is 14.3 Å². The Balaban J connectivity index is 2.12. The molecule has 1 unspecified atom stereocenters. The molecule has 18 heavy (non-hydrogen) atoms. The molecular weight excluding hydrogens is 240 g/mol. The number of carboxylic acids is 1. The fourth-order valence-electron chi connectivity index (χ4n) is 1.66. The Hall–Kier alpha value is -1.63. The summed E-state index contributed by atoms with van der Waals surface area (Å²) in [6.07, 6.45) is 1.49. The van der Waals surface area contributed by atoms with Gasteiger partial charge < -0.3 is 15.2 Å². The number of rotatable bonds is 5. The van der Waals surface area contributed by atoms with Crippen LogP contribution in [0.4, 0.5) is 4.79 Å². The van der Waals surface area contributed by atoms with Gasteiger partial charge in [-0.15, -0.1) is 0 Å². The lowest BCUT2D eigenvalue weighted by Crippen LogP contribution is -2.42. The van der Waals surface area contributed by atoms with Gasteiger partial charge in [0.25, 0.3) is 0 Å². The van der Waals surface area contributed by atoms with Crippen molar-refractivity contribution in [1.82, 2.24) is 10.6 Å². The topological polar surface area (TPSA) is 105 Å². The number of nitrogens with one attached hydrogen (secondary N) is 2. The molecule has 0 saturated carbocycles. The first-order valence-corrected chi connectivity index (χ1v) is 5.95. The zero-order valence-electron chi connectivity index (χ0n) is 10.1. The maximum absolute atomic E-state index is 11.3. The Morgan fingerprint density at radius 2 is 2.06 bits per heavy atom. The predicted molar refractivity (Wildman–Crippen MR) is 62.0 cm³/mol. The zero-order valence-corrected chi connectivity index (χ0v) is 10.1. The van der Waals surface area contributed by atoms with Crippen LogP contribution in [-0.4, -0.2) is 42.8 Å². The molecule has 102 valence electrons. The lowest BCUT2D eigenvalue weighted by molar-refractivity contribution is -0.138. The second kappa shape index (κ2) is 7.65. The second-order valence-corrected chi connectivity index (χ2v) is 4.24. The molecule has 1 rings (SSSR count). The molecular formula is C11H18N2O5. The van der Waals surface area contributed by atoms with E-state index in [0.29, 0.717) is 13.2 Å². The Bertz CT molecular complexity index is 313. The van der Waals surface area contributed by atoms with Crippen LogP contribution < -0.4 is 10.6 Å². The van der Waals surface area contributed by atoms with E-state index in [1.165, 1.54) is 0 Å². The summed E-state index contributed by atoms with van der Waals surface area (Å²) in [6, 6.07) is -0.587. The van der Waals surface area contributed by atoms with Gasteiger partial charge in [0.1, 0.15) is 0 Å². The van der Waals surface area contributed by atoms with Gasteiger partial charge in [-0.05, 0) is 18.8 Å². The number of imide groups is 1. The van der Waals surface area contributed by atoms with Crippen molar-refractivity contribution in [3.8, 4) is 0 Å². The molecule has 0 radical (unpaired) electrons. The molecule has 0 aliphatic carbocycles. The summed E-state index contributed by atoms with van der Waals surface area (Å²) in [6.45, 7) is 1.83. The largest absolute Gasteiger partial charge is 0.481 e. The van der Waals surface area contributed by atoms with Crippen LogP contribution in [0.15, 0.2) is 0 Å². The first kappa shape index (κ1) is 14.4. The van der Waals surface area contributed by atoms with Crippen molar-refractivity contribution in [2.45, 2.75) is 25.7 Å². The number of amides is 3. The summed E-state index contributed by atoms with van der Waals surface area (Å²) < 4.78 is 5.26. The van der Waals surface area contributed by atoms with E-state index >= 15 is 0 Å². The summed E-state index contributed by atoms with van der Waals surface area (Å²) in [5.74, 6) is -1.38. The third-order valence-electron chi connectivity index (χ3n) is 2.62. The van der Waals surface area contributed by atoms with Crippen molar-refractivity contribution in [1.29, 1.82) is 0 Å². The van der Waals surface area contributed by atoms with Crippen LogP contribution in [0.25, 0.3) is 0 Å². The maximum Gasteiger partial charge on any atom is 0.321 e. The molecule has 7 heteroatoms. The molecule has 0 aromatic rings. The van der Waals surface area contributed by atoms with Crippen LogP contribution in [0, 0.1) is 5.92 Å². The lowest BCUT2D eigenvalue weighted by atomic mass is 10.0. The van der Waals surface area contributed by atoms with E-state index in [-0.39, 0.29) is 18.8 Å². The summed E-state index contributed by atoms with van der Waals surface area (Å²) in [4.78, 5) is 32.7. The van der Waals surface area contributed by atoms with Crippen molar-refractivity contribution in [2.24, 2.45) is 5.92 Å². The number of hydrogen-bond acceptors (Lipinski definition) is 4. The highest BCUT2D eigenvalue weighted by molar-refractivity contribution is 5.95. The van der Waals surface area contributed by atoms with Gasteiger partial charge in [-0.25, -0.2) is 4.79 Å². The van der Waals surface area contributed by atoms with Crippen molar-refractivity contribution in [3.05, 3.63) is 0 Å². The number of carboxylic acid groups (broad SMARTS) is 1. The molecule has 1 fully saturated rings. The Morgan fingerprint density at radius 3 is 2.67 bits per heavy atom. The number of ether oxygens (including phenoxy) is 1. The summed E-state index contributed by atoms with van der Waals surface area (Å²) in [5.41, 5.74) is 0. The number of hydrogen-bond donors (Lipinski definition) is 3. The van der Waals surface area contributed by atoms with Crippen LogP contribution in [0.5, 0.6) is 0 Å². The fourth-order valence-corrected chi connectivity index (χ4v) is 1.66. The Kier molecular flexibility index (Phi) is 6.13. The molecule has 0 bridgehead atoms. The zero-order chi connectivity index (χ0) is 13.4. The average Bonchev–Trinajstić information content (AvgIpc) is 2.35. The van der Waals surface area contributed by atoms with Gasteiger partial charge in [-0.2, -0.15) is 0 Å². The van der Waals surface area contributed by atoms with Crippen LogP contribution in [0.3, 0.4) is 0 Å². The average molecular weight is 258 g/mol. The van der Waals surface area contributed by atoms with Crippen LogP contribution in [0.2, 0.25) is 0 Å². The van der Waals surface area contributed by atoms with Gasteiger partial charge in [0, 0.05) is 19.6 Å². The first-order valence-electron chi connectivity index (χ1n) is 5.95. The second-order valence-electron chi connectivity index (χ2n) is 4.24. The molecule has 1 heterocycles. The molecule has 0 spiro atoms. The van der Waals surface area contributed by atoms with Crippen molar-refractivity contribution >= 4 is 17.9 Å². The molecule has 3 N–H and O–H groups in total. The number of carbonyl (C=O) groups excluding carboxylic acids is 2. The lowest BCUT2D eigenvalue weighted by Gasteiger charge is -2.22. The monoisotopic (exact) mass is 258 g/mol. The van der Waals surface area contributed by atoms with Crippen molar-refractivity contribution < 1.29 is 24.2 Å². The van der Waals surface area contributed by atoms with Gasteiger partial charge in [0.05, 0.1) is 13.0 Å². The minimum atomic E-state index is -1.06. The highest BCUT2D eigenvalue weighted by Gasteiger charge is 2.15. The van der Waals surface area contributed by atoms with Crippen LogP contribution >= 0.6 is 0 Å². The van der Waals surface area contributed by atoms with E-state index in [1.807, 2.05) is 0 Å². The molecule has 0 aromatic heterocycles. The van der Waals surface area contributed by atoms with Crippen LogP contribution in [0.1, 0.15) is 25.7 Å². The van der Waals surface area contributed by atoms with Crippen molar-refractivity contribution in [3.63, 3.8) is 0 Å². The van der Waals surface area contributed by atoms with Gasteiger partial charge in [-0.3, -0.25) is 14.9 Å². The van der Waals surface area contributed by atoms with Gasteiger partial charge >= 0.3 is 12.0 Å². The first-order chi connectivity index (χ1) is 8.58. The summed E-state index contributed by atoms with van der Waals surface area (Å²) >= 11 is 0. The maximum atomic E-state index is 11.3. The molecule has 1 saturated heterocycles.